The Bertz CT molecular complexity index is 481. The molecule has 0 fully saturated rings. The number of halogens is 1. The van der Waals surface area contributed by atoms with Gasteiger partial charge in [-0.3, -0.25) is 4.40 Å². The first kappa shape index (κ1) is 9.74. The van der Waals surface area contributed by atoms with Gasteiger partial charge in [-0.1, -0.05) is 5.57 Å². The van der Waals surface area contributed by atoms with Crippen LogP contribution in [0.5, 0.6) is 0 Å². The Morgan fingerprint density at radius 2 is 2.50 bits per heavy atom. The molecule has 0 aromatic carbocycles. The quantitative estimate of drug-likeness (QED) is 0.718. The van der Waals surface area contributed by atoms with Gasteiger partial charge in [-0.15, -0.1) is 22.9 Å². The molecule has 0 N–H and O–H groups in total. The van der Waals surface area contributed by atoms with Crippen LogP contribution >= 0.6 is 22.9 Å². The van der Waals surface area contributed by atoms with Crippen molar-refractivity contribution in [2.45, 2.75) is 13.8 Å². The lowest BCUT2D eigenvalue weighted by Gasteiger charge is -1.95. The highest BCUT2D eigenvalue weighted by atomic mass is 35.5. The fraction of sp³-hybridized carbons (Fsp3) is 0.300. The monoisotopic (exact) mass is 226 g/mol. The van der Waals surface area contributed by atoms with Crippen molar-refractivity contribution in [2.75, 3.05) is 5.88 Å². The van der Waals surface area contributed by atoms with Crippen molar-refractivity contribution in [1.82, 2.24) is 9.38 Å². The normalized spacial score (nSPS) is 12.6. The van der Waals surface area contributed by atoms with Crippen LogP contribution < -0.4 is 0 Å². The van der Waals surface area contributed by atoms with E-state index < -0.39 is 0 Å². The Morgan fingerprint density at radius 3 is 3.21 bits per heavy atom. The van der Waals surface area contributed by atoms with Gasteiger partial charge in [0.15, 0.2) is 4.96 Å². The van der Waals surface area contributed by atoms with Gasteiger partial charge in [-0.2, -0.15) is 0 Å². The van der Waals surface area contributed by atoms with E-state index in [2.05, 4.69) is 15.5 Å². The number of aromatic nitrogens is 2. The Labute approximate surface area is 91.8 Å². The fourth-order valence-corrected chi connectivity index (χ4v) is 2.20. The molecule has 0 aliphatic heterocycles. The molecule has 0 saturated heterocycles. The van der Waals surface area contributed by atoms with Crippen molar-refractivity contribution < 1.29 is 0 Å². The summed E-state index contributed by atoms with van der Waals surface area (Å²) in [5, 5.41) is 2.04. The van der Waals surface area contributed by atoms with Gasteiger partial charge >= 0.3 is 0 Å². The molecule has 0 bridgehead atoms. The number of nitrogens with zero attached hydrogens (tertiary/aromatic N) is 2. The first-order valence-electron chi connectivity index (χ1n) is 4.37. The van der Waals surface area contributed by atoms with E-state index in [9.17, 15) is 0 Å². The van der Waals surface area contributed by atoms with Crippen molar-refractivity contribution in [3.63, 3.8) is 0 Å². The van der Waals surface area contributed by atoms with Gasteiger partial charge in [0.2, 0.25) is 0 Å². The largest absolute Gasteiger partial charge is 0.291 e. The summed E-state index contributed by atoms with van der Waals surface area (Å²) < 4.78 is 2.09. The van der Waals surface area contributed by atoms with Gasteiger partial charge in [0.1, 0.15) is 0 Å². The molecule has 0 spiro atoms. The van der Waals surface area contributed by atoms with E-state index in [0.717, 1.165) is 21.9 Å². The molecule has 2 aromatic heterocycles. The zero-order valence-electron chi connectivity index (χ0n) is 8.12. The molecule has 2 rings (SSSR count). The second-order valence-corrected chi connectivity index (χ2v) is 4.40. The summed E-state index contributed by atoms with van der Waals surface area (Å²) >= 11 is 7.40. The summed E-state index contributed by atoms with van der Waals surface area (Å²) in [6.45, 7) is 4.05. The van der Waals surface area contributed by atoms with Crippen molar-refractivity contribution in [3.05, 3.63) is 28.5 Å². The number of fused-ring (bicyclic) bond motifs is 1. The maximum absolute atomic E-state index is 5.75. The molecule has 0 saturated carbocycles. The highest BCUT2D eigenvalue weighted by Crippen LogP contribution is 2.19. The number of imidazole rings is 1. The predicted octanol–water partition coefficient (Wildman–Crippen LogP) is 3.35. The van der Waals surface area contributed by atoms with Gasteiger partial charge in [0.05, 0.1) is 11.4 Å². The molecule has 0 amide bonds. The van der Waals surface area contributed by atoms with E-state index in [1.54, 1.807) is 11.3 Å². The van der Waals surface area contributed by atoms with E-state index in [-0.39, 0.29) is 0 Å². The fourth-order valence-electron chi connectivity index (χ4n) is 1.36. The van der Waals surface area contributed by atoms with E-state index in [1.807, 2.05) is 25.4 Å². The highest BCUT2D eigenvalue weighted by molar-refractivity contribution is 7.15. The van der Waals surface area contributed by atoms with E-state index >= 15 is 0 Å². The van der Waals surface area contributed by atoms with E-state index in [1.165, 1.54) is 0 Å². The van der Waals surface area contributed by atoms with Crippen molar-refractivity contribution in [2.24, 2.45) is 0 Å². The van der Waals surface area contributed by atoms with Gasteiger partial charge in [0.25, 0.3) is 0 Å². The molecule has 0 unspecified atom stereocenters. The summed E-state index contributed by atoms with van der Waals surface area (Å²) in [6.07, 6.45) is 4.13. The first-order chi connectivity index (χ1) is 6.72. The maximum Gasteiger partial charge on any atom is 0.194 e. The molecule has 2 heterocycles. The number of aryl methyl sites for hydroxylation is 1. The minimum absolute atomic E-state index is 0.566. The first-order valence-corrected chi connectivity index (χ1v) is 5.79. The van der Waals surface area contributed by atoms with E-state index in [0.29, 0.717) is 5.88 Å². The number of allylic oxidation sites excluding steroid dienone is 1. The number of hydrogen-bond acceptors (Lipinski definition) is 2. The molecule has 74 valence electrons. The minimum Gasteiger partial charge on any atom is -0.291 e. The lowest BCUT2D eigenvalue weighted by Crippen LogP contribution is -1.86. The summed E-state index contributed by atoms with van der Waals surface area (Å²) in [6, 6.07) is 0. The van der Waals surface area contributed by atoms with Crippen LogP contribution in [-0.4, -0.2) is 15.3 Å². The van der Waals surface area contributed by atoms with Crippen molar-refractivity contribution in [3.8, 4) is 0 Å². The molecular weight excluding hydrogens is 216 g/mol. The molecule has 2 nitrogen and oxygen atoms in total. The van der Waals surface area contributed by atoms with Crippen LogP contribution in [-0.2, 0) is 0 Å². The van der Waals surface area contributed by atoms with Crippen molar-refractivity contribution >= 4 is 34.0 Å². The SMILES string of the molecule is CC(=Cc1c(C)nc2sccn12)CCl. The lowest BCUT2D eigenvalue weighted by molar-refractivity contribution is 1.18. The minimum atomic E-state index is 0.566. The van der Waals surface area contributed by atoms with Crippen LogP contribution in [0, 0.1) is 6.92 Å². The molecule has 0 aliphatic carbocycles. The Morgan fingerprint density at radius 1 is 1.71 bits per heavy atom. The highest BCUT2D eigenvalue weighted by Gasteiger charge is 2.06. The maximum atomic E-state index is 5.75. The molecule has 4 heteroatoms. The summed E-state index contributed by atoms with van der Waals surface area (Å²) in [5.41, 5.74) is 3.35. The van der Waals surface area contributed by atoms with Crippen LogP contribution in [0.25, 0.3) is 11.0 Å². The van der Waals surface area contributed by atoms with Crippen LogP contribution in [0.3, 0.4) is 0 Å². The van der Waals surface area contributed by atoms with Crippen molar-refractivity contribution in [1.29, 1.82) is 0 Å². The summed E-state index contributed by atoms with van der Waals surface area (Å²) in [5.74, 6) is 0.566. The van der Waals surface area contributed by atoms with Gasteiger partial charge in [-0.25, -0.2) is 4.98 Å². The van der Waals surface area contributed by atoms with Crippen LogP contribution in [0.2, 0.25) is 0 Å². The number of thiazole rings is 1. The second kappa shape index (κ2) is 3.75. The molecule has 2 aromatic rings. The Kier molecular flexibility index (Phi) is 2.61. The van der Waals surface area contributed by atoms with Crippen LogP contribution in [0.1, 0.15) is 18.3 Å². The molecular formula is C10H11ClN2S. The second-order valence-electron chi connectivity index (χ2n) is 3.26. The van der Waals surface area contributed by atoms with E-state index in [4.69, 9.17) is 11.6 Å². The number of alkyl halides is 1. The topological polar surface area (TPSA) is 17.3 Å². The Hall–Kier alpha value is -0.800. The standard InChI is InChI=1S/C10H11ClN2S/c1-7(6-11)5-9-8(2)12-10-13(9)3-4-14-10/h3-5H,6H2,1-2H3. The van der Waals surface area contributed by atoms with Gasteiger partial charge in [-0.05, 0) is 19.9 Å². The summed E-state index contributed by atoms with van der Waals surface area (Å²) in [7, 11) is 0. The molecule has 0 aliphatic rings. The molecule has 14 heavy (non-hydrogen) atoms. The van der Waals surface area contributed by atoms with Gasteiger partial charge < -0.3 is 0 Å². The summed E-state index contributed by atoms with van der Waals surface area (Å²) in [4.78, 5) is 5.49. The third-order valence-electron chi connectivity index (χ3n) is 2.08. The van der Waals surface area contributed by atoms with Crippen LogP contribution in [0.4, 0.5) is 0 Å². The number of rotatable bonds is 2. The zero-order valence-corrected chi connectivity index (χ0v) is 9.69. The Balaban J connectivity index is 2.59. The van der Waals surface area contributed by atoms with Gasteiger partial charge in [0, 0.05) is 17.5 Å². The zero-order chi connectivity index (χ0) is 10.1. The molecule has 0 radical (unpaired) electrons. The third-order valence-corrected chi connectivity index (χ3v) is 3.26. The number of hydrogen-bond donors (Lipinski definition) is 0. The average Bonchev–Trinajstić information content (AvgIpc) is 2.70. The third kappa shape index (κ3) is 1.57. The van der Waals surface area contributed by atoms with Crippen LogP contribution in [0.15, 0.2) is 17.2 Å². The molecule has 0 atom stereocenters. The lowest BCUT2D eigenvalue weighted by atomic mass is 10.2. The average molecular weight is 227 g/mol. The predicted molar refractivity (Wildman–Crippen MR) is 62.2 cm³/mol. The smallest absolute Gasteiger partial charge is 0.194 e.